The van der Waals surface area contributed by atoms with Gasteiger partial charge < -0.3 is 9.88 Å². The van der Waals surface area contributed by atoms with Gasteiger partial charge in [0.25, 0.3) is 0 Å². The Hall–Kier alpha value is -2.60. The Morgan fingerprint density at radius 3 is 2.52 bits per heavy atom. The molecule has 0 aliphatic rings. The van der Waals surface area contributed by atoms with Crippen LogP contribution in [0.2, 0.25) is 0 Å². The molecule has 23 heavy (non-hydrogen) atoms. The van der Waals surface area contributed by atoms with Gasteiger partial charge in [-0.05, 0) is 48.5 Å². The number of anilines is 1. The number of hydrogen-bond acceptors (Lipinski definition) is 3. The van der Waals surface area contributed by atoms with Crippen LogP contribution in [0.25, 0.3) is 5.69 Å². The minimum Gasteiger partial charge on any atom is -0.325 e. The average Bonchev–Trinajstić information content (AvgIpc) is 3.09. The molecule has 1 amide bonds. The monoisotopic (exact) mass is 327 g/mol. The Bertz CT molecular complexity index is 771. The lowest BCUT2D eigenvalue weighted by molar-refractivity contribution is -0.113. The normalized spacial score (nSPS) is 10.5. The summed E-state index contributed by atoms with van der Waals surface area (Å²) in [6.07, 6.45) is 5.28. The second-order valence-electron chi connectivity index (χ2n) is 4.81. The molecule has 1 heterocycles. The largest absolute Gasteiger partial charge is 0.325 e. The van der Waals surface area contributed by atoms with Crippen molar-refractivity contribution in [3.63, 3.8) is 0 Å². The summed E-state index contributed by atoms with van der Waals surface area (Å²) in [5, 5.41) is 2.84. The summed E-state index contributed by atoms with van der Waals surface area (Å²) in [5.74, 6) is -0.110. The lowest BCUT2D eigenvalue weighted by Crippen LogP contribution is -2.13. The Balaban J connectivity index is 1.54. The molecule has 2 aromatic carbocycles. The fourth-order valence-corrected chi connectivity index (χ4v) is 2.70. The van der Waals surface area contributed by atoms with Gasteiger partial charge in [0.1, 0.15) is 5.82 Å². The van der Waals surface area contributed by atoms with Crippen LogP contribution in [0.15, 0.2) is 72.1 Å². The van der Waals surface area contributed by atoms with E-state index in [0.717, 1.165) is 16.3 Å². The van der Waals surface area contributed by atoms with Gasteiger partial charge in [0.15, 0.2) is 0 Å². The fourth-order valence-electron chi connectivity index (χ4n) is 2.01. The number of rotatable bonds is 5. The van der Waals surface area contributed by atoms with Crippen molar-refractivity contribution in [1.29, 1.82) is 0 Å². The third-order valence-electron chi connectivity index (χ3n) is 3.14. The highest BCUT2D eigenvalue weighted by molar-refractivity contribution is 8.00. The molecule has 1 aromatic heterocycles. The molecule has 116 valence electrons. The van der Waals surface area contributed by atoms with Crippen molar-refractivity contribution in [3.8, 4) is 5.69 Å². The Kier molecular flexibility index (Phi) is 4.73. The molecular formula is C17H14FN3OS. The summed E-state index contributed by atoms with van der Waals surface area (Å²) in [5.41, 5.74) is 1.71. The summed E-state index contributed by atoms with van der Waals surface area (Å²) in [4.78, 5) is 16.8. The van der Waals surface area contributed by atoms with E-state index in [1.54, 1.807) is 24.7 Å². The van der Waals surface area contributed by atoms with Gasteiger partial charge in [0, 0.05) is 28.7 Å². The van der Waals surface area contributed by atoms with Crippen LogP contribution >= 0.6 is 11.8 Å². The first-order valence-corrected chi connectivity index (χ1v) is 7.96. The van der Waals surface area contributed by atoms with Crippen LogP contribution in [0.4, 0.5) is 10.1 Å². The minimum atomic E-state index is -0.281. The van der Waals surface area contributed by atoms with E-state index < -0.39 is 0 Å². The highest BCUT2D eigenvalue weighted by Crippen LogP contribution is 2.19. The summed E-state index contributed by atoms with van der Waals surface area (Å²) in [7, 11) is 0. The van der Waals surface area contributed by atoms with Gasteiger partial charge >= 0.3 is 0 Å². The van der Waals surface area contributed by atoms with Gasteiger partial charge in [-0.25, -0.2) is 9.37 Å². The van der Waals surface area contributed by atoms with Crippen molar-refractivity contribution in [2.45, 2.75) is 4.90 Å². The van der Waals surface area contributed by atoms with Crippen LogP contribution in [-0.4, -0.2) is 21.2 Å². The van der Waals surface area contributed by atoms with Crippen LogP contribution in [0.5, 0.6) is 0 Å². The first-order chi connectivity index (χ1) is 11.2. The maximum Gasteiger partial charge on any atom is 0.234 e. The van der Waals surface area contributed by atoms with E-state index in [9.17, 15) is 9.18 Å². The van der Waals surface area contributed by atoms with E-state index in [4.69, 9.17) is 0 Å². The molecule has 0 aliphatic carbocycles. The Morgan fingerprint density at radius 2 is 1.87 bits per heavy atom. The zero-order valence-corrected chi connectivity index (χ0v) is 13.0. The number of nitrogens with one attached hydrogen (secondary N) is 1. The molecule has 1 N–H and O–H groups in total. The number of hydrogen-bond donors (Lipinski definition) is 1. The van der Waals surface area contributed by atoms with E-state index in [2.05, 4.69) is 10.3 Å². The third-order valence-corrected chi connectivity index (χ3v) is 4.15. The zero-order valence-electron chi connectivity index (χ0n) is 12.1. The number of amides is 1. The van der Waals surface area contributed by atoms with Gasteiger partial charge in [-0.1, -0.05) is 0 Å². The van der Waals surface area contributed by atoms with Gasteiger partial charge in [-0.15, -0.1) is 11.8 Å². The van der Waals surface area contributed by atoms with Crippen molar-refractivity contribution in [1.82, 2.24) is 9.55 Å². The third kappa shape index (κ3) is 4.20. The smallest absolute Gasteiger partial charge is 0.234 e. The lowest BCUT2D eigenvalue weighted by atomic mass is 10.3. The van der Waals surface area contributed by atoms with Crippen LogP contribution < -0.4 is 5.32 Å². The van der Waals surface area contributed by atoms with Crippen molar-refractivity contribution < 1.29 is 9.18 Å². The second-order valence-corrected chi connectivity index (χ2v) is 5.86. The number of thioether (sulfide) groups is 1. The standard InChI is InChI=1S/C17H14FN3OS/c18-13-1-7-16(8-2-13)23-11-17(22)20-14-3-5-15(6-4-14)21-10-9-19-12-21/h1-10,12H,11H2,(H,20,22). The summed E-state index contributed by atoms with van der Waals surface area (Å²) in [6.45, 7) is 0. The number of nitrogens with zero attached hydrogens (tertiary/aromatic N) is 2. The summed E-state index contributed by atoms with van der Waals surface area (Å²) >= 11 is 1.37. The number of halogens is 1. The van der Waals surface area contributed by atoms with Gasteiger partial charge in [0.05, 0.1) is 12.1 Å². The molecule has 0 radical (unpaired) electrons. The molecule has 0 unspecified atom stereocenters. The number of carbonyl (C=O) groups excluding carboxylic acids is 1. The van der Waals surface area contributed by atoms with Crippen LogP contribution in [-0.2, 0) is 4.79 Å². The predicted octanol–water partition coefficient (Wildman–Crippen LogP) is 3.74. The van der Waals surface area contributed by atoms with Gasteiger partial charge in [0.2, 0.25) is 5.91 Å². The van der Waals surface area contributed by atoms with Gasteiger partial charge in [-0.3, -0.25) is 4.79 Å². The maximum absolute atomic E-state index is 12.8. The number of carbonyl (C=O) groups is 1. The summed E-state index contributed by atoms with van der Waals surface area (Å²) < 4.78 is 14.7. The molecule has 4 nitrogen and oxygen atoms in total. The number of benzene rings is 2. The van der Waals surface area contributed by atoms with E-state index >= 15 is 0 Å². The highest BCUT2D eigenvalue weighted by Gasteiger charge is 2.04. The molecule has 0 aliphatic heterocycles. The Morgan fingerprint density at radius 1 is 1.13 bits per heavy atom. The maximum atomic E-state index is 12.8. The number of aromatic nitrogens is 2. The molecule has 0 bridgehead atoms. The lowest BCUT2D eigenvalue weighted by Gasteiger charge is -2.07. The van der Waals surface area contributed by atoms with Gasteiger partial charge in [-0.2, -0.15) is 0 Å². The molecule has 0 saturated heterocycles. The molecule has 0 spiro atoms. The molecular weight excluding hydrogens is 313 g/mol. The van der Waals surface area contributed by atoms with Crippen molar-refractivity contribution in [3.05, 3.63) is 73.1 Å². The molecule has 0 saturated carbocycles. The van der Waals surface area contributed by atoms with Crippen molar-refractivity contribution in [2.75, 3.05) is 11.1 Å². The van der Waals surface area contributed by atoms with E-state index in [-0.39, 0.29) is 17.5 Å². The molecule has 3 aromatic rings. The van der Waals surface area contributed by atoms with E-state index in [0.29, 0.717) is 0 Å². The molecule has 3 rings (SSSR count). The fraction of sp³-hybridized carbons (Fsp3) is 0.0588. The second kappa shape index (κ2) is 7.11. The van der Waals surface area contributed by atoms with Crippen molar-refractivity contribution in [2.24, 2.45) is 0 Å². The topological polar surface area (TPSA) is 46.9 Å². The van der Waals surface area contributed by atoms with Crippen LogP contribution in [0.3, 0.4) is 0 Å². The molecule has 0 atom stereocenters. The van der Waals surface area contributed by atoms with Crippen molar-refractivity contribution >= 4 is 23.4 Å². The molecule has 6 heteroatoms. The first kappa shape index (κ1) is 15.3. The quantitative estimate of drug-likeness (QED) is 0.726. The zero-order chi connectivity index (χ0) is 16.1. The molecule has 0 fully saturated rings. The SMILES string of the molecule is O=C(CSc1ccc(F)cc1)Nc1ccc(-n2ccnc2)cc1. The first-order valence-electron chi connectivity index (χ1n) is 6.97. The van der Waals surface area contributed by atoms with E-state index in [1.165, 1.54) is 23.9 Å². The Labute approximate surface area is 137 Å². The predicted molar refractivity (Wildman–Crippen MR) is 89.3 cm³/mol. The summed E-state index contributed by atoms with van der Waals surface area (Å²) in [6, 6.07) is 13.6. The minimum absolute atomic E-state index is 0.102. The van der Waals surface area contributed by atoms with Crippen LogP contribution in [0.1, 0.15) is 0 Å². The van der Waals surface area contributed by atoms with Crippen LogP contribution in [0, 0.1) is 5.82 Å². The highest BCUT2D eigenvalue weighted by atomic mass is 32.2. The number of imidazole rings is 1. The van der Waals surface area contributed by atoms with E-state index in [1.807, 2.05) is 35.0 Å². The average molecular weight is 327 g/mol.